The minimum absolute atomic E-state index is 0.0943. The van der Waals surface area contributed by atoms with Gasteiger partial charge in [0.1, 0.15) is 11.1 Å². The molecule has 1 aliphatic carbocycles. The predicted octanol–water partition coefficient (Wildman–Crippen LogP) is 3.20. The lowest BCUT2D eigenvalue weighted by molar-refractivity contribution is -0.116. The van der Waals surface area contributed by atoms with Gasteiger partial charge in [0, 0.05) is 17.3 Å². The Morgan fingerprint density at radius 1 is 1.48 bits per heavy atom. The lowest BCUT2D eigenvalue weighted by Gasteiger charge is -2.22. The van der Waals surface area contributed by atoms with E-state index in [4.69, 9.17) is 5.73 Å². The maximum atomic E-state index is 12.1. The Hall–Kier alpha value is -1.38. The van der Waals surface area contributed by atoms with Gasteiger partial charge in [0.05, 0.1) is 5.56 Å². The van der Waals surface area contributed by atoms with Gasteiger partial charge in [0.25, 0.3) is 0 Å². The summed E-state index contributed by atoms with van der Waals surface area (Å²) in [5, 5.41) is 12.9. The van der Waals surface area contributed by atoms with Crippen LogP contribution in [0.5, 0.6) is 0 Å². The van der Waals surface area contributed by atoms with E-state index < -0.39 is 0 Å². The molecule has 1 aromatic heterocycles. The molecular formula is C16H23N3OS. The number of hydrogen-bond donors (Lipinski definition) is 2. The molecule has 0 bridgehead atoms. The van der Waals surface area contributed by atoms with Crippen molar-refractivity contribution in [2.24, 2.45) is 11.1 Å². The first-order valence-corrected chi connectivity index (χ1v) is 8.22. The van der Waals surface area contributed by atoms with Gasteiger partial charge in [-0.2, -0.15) is 5.26 Å². The molecule has 1 aliphatic rings. The van der Waals surface area contributed by atoms with Gasteiger partial charge < -0.3 is 11.1 Å². The molecule has 0 aromatic carbocycles. The van der Waals surface area contributed by atoms with E-state index in [0.29, 0.717) is 17.0 Å². The summed E-state index contributed by atoms with van der Waals surface area (Å²) >= 11 is 1.55. The normalized spacial score (nSPS) is 15.4. The van der Waals surface area contributed by atoms with Crippen molar-refractivity contribution >= 4 is 22.2 Å². The number of nitriles is 1. The molecule has 1 unspecified atom stereocenters. The monoisotopic (exact) mass is 305 g/mol. The van der Waals surface area contributed by atoms with Crippen molar-refractivity contribution in [3.63, 3.8) is 0 Å². The van der Waals surface area contributed by atoms with Crippen molar-refractivity contribution in [3.05, 3.63) is 16.0 Å². The Bertz CT molecular complexity index is 578. The molecule has 4 nitrogen and oxygen atoms in total. The van der Waals surface area contributed by atoms with Gasteiger partial charge in [0.15, 0.2) is 0 Å². The Labute approximate surface area is 130 Å². The van der Waals surface area contributed by atoms with E-state index >= 15 is 0 Å². The summed E-state index contributed by atoms with van der Waals surface area (Å²) in [6.07, 6.45) is 4.18. The van der Waals surface area contributed by atoms with Gasteiger partial charge in [0.2, 0.25) is 5.91 Å². The highest BCUT2D eigenvalue weighted by molar-refractivity contribution is 7.16. The molecule has 0 fully saturated rings. The number of carbonyl (C=O) groups excluding carboxylic acids is 1. The standard InChI is InChI=1S/C16H23N3OS/c1-16(2,3)8-10(18)7-14(20)19-15-12(9-17)11-5-4-6-13(11)21-15/h10H,4-8,18H2,1-3H3,(H,19,20). The Morgan fingerprint density at radius 2 is 2.19 bits per heavy atom. The zero-order chi connectivity index (χ0) is 15.6. The topological polar surface area (TPSA) is 78.9 Å². The Kier molecular flexibility index (Phi) is 4.70. The van der Waals surface area contributed by atoms with Crippen LogP contribution in [0.2, 0.25) is 0 Å². The van der Waals surface area contributed by atoms with E-state index in [-0.39, 0.29) is 17.4 Å². The SMILES string of the molecule is CC(C)(C)CC(N)CC(=O)Nc1sc2c(c1C#N)CCC2. The third-order valence-electron chi connectivity index (χ3n) is 3.61. The first kappa shape index (κ1) is 16.0. The molecule has 5 heteroatoms. The van der Waals surface area contributed by atoms with E-state index in [0.717, 1.165) is 31.2 Å². The summed E-state index contributed by atoms with van der Waals surface area (Å²) in [6.45, 7) is 6.34. The van der Waals surface area contributed by atoms with Gasteiger partial charge in [-0.05, 0) is 36.7 Å². The van der Waals surface area contributed by atoms with Crippen molar-refractivity contribution in [2.75, 3.05) is 5.32 Å². The summed E-state index contributed by atoms with van der Waals surface area (Å²) in [7, 11) is 0. The number of thiophene rings is 1. The minimum atomic E-state index is -0.151. The van der Waals surface area contributed by atoms with Crippen LogP contribution >= 0.6 is 11.3 Å². The molecule has 0 saturated heterocycles. The number of nitrogens with two attached hydrogens (primary N) is 1. The summed E-state index contributed by atoms with van der Waals surface area (Å²) in [5.41, 5.74) is 7.94. The van der Waals surface area contributed by atoms with E-state index in [1.165, 1.54) is 4.88 Å². The molecule has 114 valence electrons. The smallest absolute Gasteiger partial charge is 0.226 e. The third kappa shape index (κ3) is 4.05. The second kappa shape index (κ2) is 6.17. The number of anilines is 1. The lowest BCUT2D eigenvalue weighted by Crippen LogP contribution is -2.31. The fourth-order valence-electron chi connectivity index (χ4n) is 2.89. The van der Waals surface area contributed by atoms with Crippen molar-refractivity contribution in [1.82, 2.24) is 0 Å². The number of nitrogens with zero attached hydrogens (tertiary/aromatic N) is 1. The largest absolute Gasteiger partial charge is 0.327 e. The maximum absolute atomic E-state index is 12.1. The second-order valence-corrected chi connectivity index (χ2v) is 8.06. The van der Waals surface area contributed by atoms with E-state index in [2.05, 4.69) is 32.2 Å². The number of fused-ring (bicyclic) bond motifs is 1. The zero-order valence-corrected chi connectivity index (χ0v) is 13.8. The van der Waals surface area contributed by atoms with Gasteiger partial charge in [-0.15, -0.1) is 11.3 Å². The fraction of sp³-hybridized carbons (Fsp3) is 0.625. The van der Waals surface area contributed by atoms with Crippen LogP contribution in [-0.2, 0) is 17.6 Å². The van der Waals surface area contributed by atoms with Crippen molar-refractivity contribution in [3.8, 4) is 6.07 Å². The summed E-state index contributed by atoms with van der Waals surface area (Å²) < 4.78 is 0. The molecule has 1 heterocycles. The molecule has 0 radical (unpaired) electrons. The second-order valence-electron chi connectivity index (χ2n) is 6.95. The molecule has 1 amide bonds. The van der Waals surface area contributed by atoms with Crippen molar-refractivity contribution in [2.45, 2.75) is 58.9 Å². The molecule has 0 spiro atoms. The minimum Gasteiger partial charge on any atom is -0.327 e. The van der Waals surface area contributed by atoms with Crippen LogP contribution in [-0.4, -0.2) is 11.9 Å². The predicted molar refractivity (Wildman–Crippen MR) is 86.4 cm³/mol. The van der Waals surface area contributed by atoms with E-state index in [1.807, 2.05) is 0 Å². The lowest BCUT2D eigenvalue weighted by atomic mass is 9.87. The summed E-state index contributed by atoms with van der Waals surface area (Å²) in [4.78, 5) is 13.4. The zero-order valence-electron chi connectivity index (χ0n) is 13.0. The third-order valence-corrected chi connectivity index (χ3v) is 4.82. The maximum Gasteiger partial charge on any atom is 0.226 e. The van der Waals surface area contributed by atoms with Crippen molar-refractivity contribution in [1.29, 1.82) is 5.26 Å². The number of carbonyl (C=O) groups is 1. The average Bonchev–Trinajstić information content (AvgIpc) is 2.85. The molecule has 1 atom stereocenters. The van der Waals surface area contributed by atoms with Gasteiger partial charge in [-0.25, -0.2) is 0 Å². The average molecular weight is 305 g/mol. The van der Waals surface area contributed by atoms with Crippen LogP contribution in [0.3, 0.4) is 0 Å². The number of hydrogen-bond acceptors (Lipinski definition) is 4. The molecule has 2 rings (SSSR count). The summed E-state index contributed by atoms with van der Waals surface area (Å²) in [6, 6.07) is 2.09. The highest BCUT2D eigenvalue weighted by Crippen LogP contribution is 2.38. The van der Waals surface area contributed by atoms with Crippen LogP contribution in [0.25, 0.3) is 0 Å². The Morgan fingerprint density at radius 3 is 2.81 bits per heavy atom. The van der Waals surface area contributed by atoms with Crippen LogP contribution in [0.15, 0.2) is 0 Å². The fourth-order valence-corrected chi connectivity index (χ4v) is 4.14. The molecule has 0 saturated carbocycles. The van der Waals surface area contributed by atoms with Gasteiger partial charge in [-0.1, -0.05) is 20.8 Å². The number of rotatable bonds is 4. The van der Waals surface area contributed by atoms with Crippen LogP contribution in [0.4, 0.5) is 5.00 Å². The van der Waals surface area contributed by atoms with Crippen LogP contribution in [0, 0.1) is 16.7 Å². The van der Waals surface area contributed by atoms with Crippen LogP contribution in [0.1, 0.15) is 56.0 Å². The van der Waals surface area contributed by atoms with E-state index in [9.17, 15) is 10.1 Å². The number of amides is 1. The first-order valence-electron chi connectivity index (χ1n) is 7.40. The molecule has 3 N–H and O–H groups in total. The number of aryl methyl sites for hydroxylation is 1. The Balaban J connectivity index is 1.99. The molecule has 1 aromatic rings. The van der Waals surface area contributed by atoms with E-state index in [1.54, 1.807) is 11.3 Å². The van der Waals surface area contributed by atoms with Crippen molar-refractivity contribution < 1.29 is 4.79 Å². The molecule has 0 aliphatic heterocycles. The quantitative estimate of drug-likeness (QED) is 0.896. The highest BCUT2D eigenvalue weighted by Gasteiger charge is 2.24. The van der Waals surface area contributed by atoms with Gasteiger partial charge >= 0.3 is 0 Å². The van der Waals surface area contributed by atoms with Crippen LogP contribution < -0.4 is 11.1 Å². The molecule has 21 heavy (non-hydrogen) atoms. The molecular weight excluding hydrogens is 282 g/mol. The highest BCUT2D eigenvalue weighted by atomic mass is 32.1. The number of nitrogens with one attached hydrogen (secondary N) is 1. The van der Waals surface area contributed by atoms with Gasteiger partial charge in [-0.3, -0.25) is 4.79 Å². The first-order chi connectivity index (χ1) is 9.80. The summed E-state index contributed by atoms with van der Waals surface area (Å²) in [5.74, 6) is -0.0943.